The van der Waals surface area contributed by atoms with Crippen molar-refractivity contribution in [3.05, 3.63) is 127 Å². The van der Waals surface area contributed by atoms with E-state index < -0.39 is 28.2 Å². The van der Waals surface area contributed by atoms with Crippen LogP contribution in [-0.4, -0.2) is 28.1 Å². The second-order valence-electron chi connectivity index (χ2n) is 8.46. The molecule has 1 aliphatic rings. The molecule has 0 saturated heterocycles. The Bertz CT molecular complexity index is 1630. The first kappa shape index (κ1) is 25.1. The lowest BCUT2D eigenvalue weighted by atomic mass is 10.0. The van der Waals surface area contributed by atoms with Crippen LogP contribution in [0.4, 0.5) is 17.1 Å². The topological polar surface area (TPSA) is 113 Å². The van der Waals surface area contributed by atoms with E-state index in [-0.39, 0.29) is 22.0 Å². The van der Waals surface area contributed by atoms with E-state index in [1.54, 1.807) is 42.5 Å². The quantitative estimate of drug-likeness (QED) is 0.124. The number of imide groups is 1. The number of phenols is 1. The largest absolute Gasteiger partial charge is 0.502 e. The molecule has 0 atom stereocenters. The van der Waals surface area contributed by atoms with Gasteiger partial charge in [-0.25, -0.2) is 4.90 Å². The Balaban J connectivity index is 1.45. The van der Waals surface area contributed by atoms with Crippen LogP contribution in [0.3, 0.4) is 0 Å². The summed E-state index contributed by atoms with van der Waals surface area (Å²) in [5.74, 6) is -1.45. The summed E-state index contributed by atoms with van der Waals surface area (Å²) in [6, 6.07) is 21.0. The molecule has 4 aromatic carbocycles. The van der Waals surface area contributed by atoms with Gasteiger partial charge in [-0.3, -0.25) is 24.7 Å². The average molecular weight is 546 g/mol. The molecule has 0 bridgehead atoms. The maximum Gasteiger partial charge on any atom is 0.311 e. The van der Waals surface area contributed by atoms with Crippen LogP contribution < -0.4 is 4.90 Å². The van der Waals surface area contributed by atoms with E-state index in [4.69, 9.17) is 23.2 Å². The third-order valence-electron chi connectivity index (χ3n) is 6.05. The Labute approximate surface area is 226 Å². The second kappa shape index (κ2) is 10.1. The smallest absolute Gasteiger partial charge is 0.311 e. The highest BCUT2D eigenvalue weighted by Gasteiger charge is 2.36. The number of nitrogens with zero attached hydrogens (tertiary/aromatic N) is 3. The molecule has 5 rings (SSSR count). The normalized spacial score (nSPS) is 12.8. The van der Waals surface area contributed by atoms with Crippen LogP contribution in [0.5, 0.6) is 5.75 Å². The van der Waals surface area contributed by atoms with Gasteiger partial charge in [0.15, 0.2) is 0 Å². The molecule has 10 heteroatoms. The number of rotatable bonds is 6. The molecule has 0 aromatic heterocycles. The number of amides is 2. The van der Waals surface area contributed by atoms with Gasteiger partial charge in [-0.2, -0.15) is 0 Å². The molecule has 188 valence electrons. The van der Waals surface area contributed by atoms with Gasteiger partial charge >= 0.3 is 5.69 Å². The average Bonchev–Trinajstić information content (AvgIpc) is 3.15. The predicted molar refractivity (Wildman–Crippen MR) is 145 cm³/mol. The third-order valence-corrected chi connectivity index (χ3v) is 6.73. The number of aromatic hydroxyl groups is 1. The van der Waals surface area contributed by atoms with Gasteiger partial charge in [0.1, 0.15) is 0 Å². The number of fused-ring (bicyclic) bond motifs is 1. The third kappa shape index (κ3) is 4.63. The highest BCUT2D eigenvalue weighted by Crippen LogP contribution is 2.36. The zero-order valence-electron chi connectivity index (χ0n) is 19.5. The molecule has 0 radical (unpaired) electrons. The number of benzene rings is 4. The number of nitro groups is 1. The van der Waals surface area contributed by atoms with Crippen LogP contribution >= 0.6 is 23.2 Å². The standard InChI is InChI=1S/C28H17Cl2N3O5/c29-22-8-4-1-5-17(22)11-16-12-18(26(34)25(13-16)33(37)38)15-31-24-10-9-19(14-23(24)30)32-27(35)20-6-2-3-7-21(20)28(32)36/h1-10,12-15,34H,11H2. The van der Waals surface area contributed by atoms with Gasteiger partial charge in [-0.05, 0) is 60.0 Å². The minimum atomic E-state index is -0.674. The van der Waals surface area contributed by atoms with E-state index >= 15 is 0 Å². The zero-order chi connectivity index (χ0) is 27.0. The predicted octanol–water partition coefficient (Wildman–Crippen LogP) is 6.75. The van der Waals surface area contributed by atoms with E-state index in [9.17, 15) is 24.8 Å². The molecule has 1 heterocycles. The van der Waals surface area contributed by atoms with Crippen molar-refractivity contribution in [2.45, 2.75) is 6.42 Å². The summed E-state index contributed by atoms with van der Waals surface area (Å²) in [5.41, 5.74) is 2.13. The molecule has 38 heavy (non-hydrogen) atoms. The van der Waals surface area contributed by atoms with Crippen LogP contribution in [0.15, 0.2) is 83.9 Å². The maximum atomic E-state index is 12.8. The monoisotopic (exact) mass is 545 g/mol. The number of hydrogen-bond acceptors (Lipinski definition) is 6. The zero-order valence-corrected chi connectivity index (χ0v) is 21.0. The Morgan fingerprint density at radius 1 is 0.895 bits per heavy atom. The van der Waals surface area contributed by atoms with Gasteiger partial charge in [0.05, 0.1) is 32.4 Å². The highest BCUT2D eigenvalue weighted by atomic mass is 35.5. The van der Waals surface area contributed by atoms with E-state index in [1.807, 2.05) is 12.1 Å². The molecular formula is C28H17Cl2N3O5. The SMILES string of the molecule is O=C1c2ccccc2C(=O)N1c1ccc(N=Cc2cc(Cc3ccccc3Cl)cc([N+](=O)[O-])c2O)c(Cl)c1. The van der Waals surface area contributed by atoms with E-state index in [1.165, 1.54) is 30.5 Å². The molecule has 0 fully saturated rings. The fourth-order valence-electron chi connectivity index (χ4n) is 4.21. The Kier molecular flexibility index (Phi) is 6.67. The van der Waals surface area contributed by atoms with Crippen molar-refractivity contribution in [2.75, 3.05) is 4.90 Å². The van der Waals surface area contributed by atoms with Crippen LogP contribution in [0.2, 0.25) is 10.0 Å². The Hall–Kier alpha value is -4.53. The summed E-state index contributed by atoms with van der Waals surface area (Å²) in [4.78, 5) is 41.8. The number of carbonyl (C=O) groups excluding carboxylic acids is 2. The summed E-state index contributed by atoms with van der Waals surface area (Å²) >= 11 is 12.7. The summed E-state index contributed by atoms with van der Waals surface area (Å²) in [5, 5.41) is 22.7. The number of phenolic OH excluding ortho intramolecular Hbond substituents is 1. The molecule has 2 amide bonds. The van der Waals surface area contributed by atoms with Crippen molar-refractivity contribution in [1.29, 1.82) is 0 Å². The van der Waals surface area contributed by atoms with E-state index in [0.717, 1.165) is 10.5 Å². The maximum absolute atomic E-state index is 12.8. The highest BCUT2D eigenvalue weighted by molar-refractivity contribution is 6.36. The molecule has 0 saturated carbocycles. The summed E-state index contributed by atoms with van der Waals surface area (Å²) in [7, 11) is 0. The fraction of sp³-hybridized carbons (Fsp3) is 0.0357. The Morgan fingerprint density at radius 3 is 2.18 bits per heavy atom. The lowest BCUT2D eigenvalue weighted by molar-refractivity contribution is -0.385. The van der Waals surface area contributed by atoms with Crippen LogP contribution in [0.1, 0.15) is 37.4 Å². The molecule has 1 N–H and O–H groups in total. The molecule has 0 aliphatic carbocycles. The number of hydrogen-bond donors (Lipinski definition) is 1. The molecular weight excluding hydrogens is 529 g/mol. The number of nitro benzene ring substituents is 1. The summed E-state index contributed by atoms with van der Waals surface area (Å²) in [6.45, 7) is 0. The second-order valence-corrected chi connectivity index (χ2v) is 9.28. The number of carbonyl (C=O) groups is 2. The van der Waals surface area contributed by atoms with Crippen LogP contribution in [0.25, 0.3) is 0 Å². The van der Waals surface area contributed by atoms with Gasteiger partial charge < -0.3 is 5.11 Å². The minimum absolute atomic E-state index is 0.113. The van der Waals surface area contributed by atoms with Gasteiger partial charge in [0.25, 0.3) is 11.8 Å². The van der Waals surface area contributed by atoms with Crippen LogP contribution in [0, 0.1) is 10.1 Å². The lowest BCUT2D eigenvalue weighted by Crippen LogP contribution is -2.29. The van der Waals surface area contributed by atoms with Gasteiger partial charge in [-0.15, -0.1) is 0 Å². The summed E-state index contributed by atoms with van der Waals surface area (Å²) in [6.07, 6.45) is 1.57. The van der Waals surface area contributed by atoms with Gasteiger partial charge in [-0.1, -0.05) is 53.5 Å². The summed E-state index contributed by atoms with van der Waals surface area (Å²) < 4.78 is 0. The molecule has 8 nitrogen and oxygen atoms in total. The van der Waals surface area contributed by atoms with Crippen molar-refractivity contribution in [3.63, 3.8) is 0 Å². The number of anilines is 1. The fourth-order valence-corrected chi connectivity index (χ4v) is 4.63. The van der Waals surface area contributed by atoms with Gasteiger partial charge in [0, 0.05) is 22.9 Å². The van der Waals surface area contributed by atoms with Crippen molar-refractivity contribution in [3.8, 4) is 5.75 Å². The van der Waals surface area contributed by atoms with E-state index in [0.29, 0.717) is 28.1 Å². The molecule has 1 aliphatic heterocycles. The first-order chi connectivity index (χ1) is 18.2. The van der Waals surface area contributed by atoms with E-state index in [2.05, 4.69) is 4.99 Å². The first-order valence-corrected chi connectivity index (χ1v) is 12.1. The van der Waals surface area contributed by atoms with Crippen molar-refractivity contribution in [2.24, 2.45) is 4.99 Å². The number of halogens is 2. The first-order valence-electron chi connectivity index (χ1n) is 11.3. The molecule has 0 unspecified atom stereocenters. The van der Waals surface area contributed by atoms with Crippen molar-refractivity contribution < 1.29 is 19.6 Å². The number of aliphatic imine (C=N–C) groups is 1. The Morgan fingerprint density at radius 2 is 1.55 bits per heavy atom. The van der Waals surface area contributed by atoms with Crippen molar-refractivity contribution >= 4 is 58.3 Å². The van der Waals surface area contributed by atoms with Crippen molar-refractivity contribution in [1.82, 2.24) is 0 Å². The molecule has 4 aromatic rings. The van der Waals surface area contributed by atoms with Crippen LogP contribution in [-0.2, 0) is 6.42 Å². The lowest BCUT2D eigenvalue weighted by Gasteiger charge is -2.14. The molecule has 0 spiro atoms. The van der Waals surface area contributed by atoms with Gasteiger partial charge in [0.2, 0.25) is 5.75 Å². The minimum Gasteiger partial charge on any atom is -0.502 e.